The van der Waals surface area contributed by atoms with Crippen LogP contribution in [0, 0.1) is 0 Å². The van der Waals surface area contributed by atoms with Gasteiger partial charge in [-0.1, -0.05) is 12.1 Å². The van der Waals surface area contributed by atoms with E-state index >= 15 is 0 Å². The third kappa shape index (κ3) is 4.34. The number of rotatable bonds is 6. The third-order valence-electron chi connectivity index (χ3n) is 4.27. The number of nitrogens with zero attached hydrogens (tertiary/aromatic N) is 4. The Morgan fingerprint density at radius 1 is 0.923 bits per heavy atom. The van der Waals surface area contributed by atoms with E-state index in [0.717, 1.165) is 37.6 Å². The summed E-state index contributed by atoms with van der Waals surface area (Å²) < 4.78 is 11.7. The van der Waals surface area contributed by atoms with E-state index in [-0.39, 0.29) is 6.10 Å². The number of aromatic nitrogens is 3. The summed E-state index contributed by atoms with van der Waals surface area (Å²) in [5, 5.41) is 0. The summed E-state index contributed by atoms with van der Waals surface area (Å²) >= 11 is 0. The van der Waals surface area contributed by atoms with Crippen molar-refractivity contribution in [2.45, 2.75) is 19.1 Å². The van der Waals surface area contributed by atoms with Crippen LogP contribution in [0.25, 0.3) is 0 Å². The quantitative estimate of drug-likeness (QED) is 0.681. The second kappa shape index (κ2) is 7.93. The van der Waals surface area contributed by atoms with Gasteiger partial charge in [0.15, 0.2) is 0 Å². The van der Waals surface area contributed by atoms with Gasteiger partial charge in [-0.3, -0.25) is 14.9 Å². The van der Waals surface area contributed by atoms with Crippen LogP contribution in [-0.4, -0.2) is 39.0 Å². The van der Waals surface area contributed by atoms with Crippen LogP contribution in [-0.2, 0) is 6.54 Å². The van der Waals surface area contributed by atoms with Crippen LogP contribution < -0.4 is 9.47 Å². The lowest BCUT2D eigenvalue weighted by atomic mass is 10.2. The lowest BCUT2D eigenvalue weighted by Gasteiger charge is -2.17. The highest BCUT2D eigenvalue weighted by molar-refractivity contribution is 5.30. The van der Waals surface area contributed by atoms with Gasteiger partial charge < -0.3 is 9.47 Å². The van der Waals surface area contributed by atoms with Gasteiger partial charge >= 0.3 is 0 Å². The topological polar surface area (TPSA) is 60.4 Å². The first-order chi connectivity index (χ1) is 12.8. The van der Waals surface area contributed by atoms with E-state index in [1.807, 2.05) is 24.3 Å². The molecule has 0 bridgehead atoms. The SMILES string of the molecule is c1cc(OC2CCN(Cc3ccc(Oc4cnccn4)cc3)C2)ccn1. The Balaban J connectivity index is 1.29. The molecule has 0 radical (unpaired) electrons. The molecule has 1 unspecified atom stereocenters. The van der Waals surface area contributed by atoms with E-state index in [9.17, 15) is 0 Å². The van der Waals surface area contributed by atoms with Crippen LogP contribution >= 0.6 is 0 Å². The van der Waals surface area contributed by atoms with Crippen LogP contribution in [0.5, 0.6) is 17.4 Å². The monoisotopic (exact) mass is 348 g/mol. The van der Waals surface area contributed by atoms with Gasteiger partial charge in [0.1, 0.15) is 17.6 Å². The number of ether oxygens (including phenoxy) is 2. The zero-order chi connectivity index (χ0) is 17.6. The Hall–Kier alpha value is -2.99. The number of likely N-dealkylation sites (tertiary alicyclic amines) is 1. The number of hydrogen-bond acceptors (Lipinski definition) is 6. The molecule has 1 fully saturated rings. The molecule has 0 aliphatic carbocycles. The molecule has 0 amide bonds. The lowest BCUT2D eigenvalue weighted by Crippen LogP contribution is -2.24. The van der Waals surface area contributed by atoms with Gasteiger partial charge in [-0.2, -0.15) is 0 Å². The van der Waals surface area contributed by atoms with Crippen LogP contribution in [0.4, 0.5) is 0 Å². The van der Waals surface area contributed by atoms with E-state index in [2.05, 4.69) is 32.0 Å². The summed E-state index contributed by atoms with van der Waals surface area (Å²) in [4.78, 5) is 14.5. The Morgan fingerprint density at radius 2 is 1.77 bits per heavy atom. The minimum absolute atomic E-state index is 0.233. The maximum absolute atomic E-state index is 6.01. The van der Waals surface area contributed by atoms with Crippen LogP contribution in [0.15, 0.2) is 67.4 Å². The van der Waals surface area contributed by atoms with E-state index in [1.54, 1.807) is 31.0 Å². The number of benzene rings is 1. The fourth-order valence-electron chi connectivity index (χ4n) is 3.03. The van der Waals surface area contributed by atoms with Crippen molar-refractivity contribution in [3.63, 3.8) is 0 Å². The maximum Gasteiger partial charge on any atom is 0.237 e. The summed E-state index contributed by atoms with van der Waals surface area (Å²) in [5.74, 6) is 2.14. The molecule has 1 atom stereocenters. The predicted octanol–water partition coefficient (Wildman–Crippen LogP) is 3.32. The minimum atomic E-state index is 0.233. The van der Waals surface area contributed by atoms with Crippen molar-refractivity contribution in [3.8, 4) is 17.4 Å². The first-order valence-electron chi connectivity index (χ1n) is 8.67. The smallest absolute Gasteiger partial charge is 0.237 e. The fourth-order valence-corrected chi connectivity index (χ4v) is 3.03. The molecule has 6 nitrogen and oxygen atoms in total. The molecule has 1 aromatic carbocycles. The average Bonchev–Trinajstić information content (AvgIpc) is 3.12. The van der Waals surface area contributed by atoms with Crippen molar-refractivity contribution in [3.05, 3.63) is 72.9 Å². The highest BCUT2D eigenvalue weighted by atomic mass is 16.5. The maximum atomic E-state index is 6.01. The molecule has 0 N–H and O–H groups in total. The van der Waals surface area contributed by atoms with Crippen molar-refractivity contribution in [2.24, 2.45) is 0 Å². The van der Waals surface area contributed by atoms with Gasteiger partial charge in [-0.15, -0.1) is 0 Å². The molecule has 132 valence electrons. The number of pyridine rings is 1. The highest BCUT2D eigenvalue weighted by Gasteiger charge is 2.23. The van der Waals surface area contributed by atoms with E-state index in [1.165, 1.54) is 5.56 Å². The molecule has 1 aliphatic heterocycles. The van der Waals surface area contributed by atoms with Crippen molar-refractivity contribution in [1.29, 1.82) is 0 Å². The largest absolute Gasteiger partial charge is 0.489 e. The van der Waals surface area contributed by atoms with Crippen LogP contribution in [0.1, 0.15) is 12.0 Å². The van der Waals surface area contributed by atoms with Gasteiger partial charge in [0.05, 0.1) is 6.20 Å². The van der Waals surface area contributed by atoms with Gasteiger partial charge in [0.25, 0.3) is 0 Å². The molecule has 26 heavy (non-hydrogen) atoms. The lowest BCUT2D eigenvalue weighted by molar-refractivity contribution is 0.198. The Bertz CT molecular complexity index is 812. The van der Waals surface area contributed by atoms with Crippen molar-refractivity contribution < 1.29 is 9.47 Å². The molecule has 2 aromatic heterocycles. The second-order valence-corrected chi connectivity index (χ2v) is 6.24. The van der Waals surface area contributed by atoms with Crippen molar-refractivity contribution >= 4 is 0 Å². The van der Waals surface area contributed by atoms with Crippen molar-refractivity contribution in [1.82, 2.24) is 19.9 Å². The molecular formula is C20H20N4O2. The molecule has 1 aliphatic rings. The normalized spacial score (nSPS) is 17.2. The van der Waals surface area contributed by atoms with E-state index in [4.69, 9.17) is 9.47 Å². The molecule has 3 heterocycles. The Labute approximate surface area is 152 Å². The molecule has 0 spiro atoms. The molecule has 1 saturated heterocycles. The first kappa shape index (κ1) is 16.5. The average molecular weight is 348 g/mol. The fraction of sp³-hybridized carbons (Fsp3) is 0.250. The summed E-state index contributed by atoms with van der Waals surface area (Å²) in [6, 6.07) is 11.9. The standard InChI is InChI=1S/C20H20N4O2/c1-3-17(26-20-13-22-10-11-23-20)4-2-16(1)14-24-12-7-19(15-24)25-18-5-8-21-9-6-18/h1-6,8-11,13,19H,7,12,14-15H2. The van der Waals surface area contributed by atoms with E-state index < -0.39 is 0 Å². The zero-order valence-corrected chi connectivity index (χ0v) is 14.4. The molecule has 6 heteroatoms. The highest BCUT2D eigenvalue weighted by Crippen LogP contribution is 2.22. The minimum Gasteiger partial charge on any atom is -0.489 e. The zero-order valence-electron chi connectivity index (χ0n) is 14.4. The van der Waals surface area contributed by atoms with Crippen molar-refractivity contribution in [2.75, 3.05) is 13.1 Å². The molecule has 0 saturated carbocycles. The number of hydrogen-bond donors (Lipinski definition) is 0. The summed E-state index contributed by atoms with van der Waals surface area (Å²) in [6.07, 6.45) is 9.62. The summed E-state index contributed by atoms with van der Waals surface area (Å²) in [6.45, 7) is 2.87. The molecule has 3 aromatic rings. The van der Waals surface area contributed by atoms with Gasteiger partial charge in [0.2, 0.25) is 5.88 Å². The van der Waals surface area contributed by atoms with E-state index in [0.29, 0.717) is 5.88 Å². The summed E-state index contributed by atoms with van der Waals surface area (Å²) in [5.41, 5.74) is 1.25. The molecule has 4 rings (SSSR count). The Kier molecular flexibility index (Phi) is 5.02. The van der Waals surface area contributed by atoms with Gasteiger partial charge in [-0.25, -0.2) is 4.98 Å². The predicted molar refractivity (Wildman–Crippen MR) is 97.1 cm³/mol. The Morgan fingerprint density at radius 3 is 2.54 bits per heavy atom. The van der Waals surface area contributed by atoms with Crippen LogP contribution in [0.3, 0.4) is 0 Å². The first-order valence-corrected chi connectivity index (χ1v) is 8.67. The van der Waals surface area contributed by atoms with Gasteiger partial charge in [-0.05, 0) is 36.2 Å². The second-order valence-electron chi connectivity index (χ2n) is 6.24. The van der Waals surface area contributed by atoms with Gasteiger partial charge in [0, 0.05) is 44.4 Å². The van der Waals surface area contributed by atoms with Crippen LogP contribution in [0.2, 0.25) is 0 Å². The summed E-state index contributed by atoms with van der Waals surface area (Å²) in [7, 11) is 0. The third-order valence-corrected chi connectivity index (χ3v) is 4.27. The molecular weight excluding hydrogens is 328 g/mol.